The van der Waals surface area contributed by atoms with Crippen molar-refractivity contribution in [2.24, 2.45) is 0 Å². The van der Waals surface area contributed by atoms with E-state index in [2.05, 4.69) is 21.2 Å². The van der Waals surface area contributed by atoms with E-state index in [0.717, 1.165) is 38.3 Å². The number of carbonyl (C=O) groups is 2. The lowest BCUT2D eigenvalue weighted by atomic mass is 10.0. The van der Waals surface area contributed by atoms with Gasteiger partial charge < -0.3 is 10.2 Å². The molecule has 2 amide bonds. The highest BCUT2D eigenvalue weighted by atomic mass is 79.9. The highest BCUT2D eigenvalue weighted by Crippen LogP contribution is 2.27. The fourth-order valence-electron chi connectivity index (χ4n) is 4.82. The van der Waals surface area contributed by atoms with Crippen LogP contribution in [0.4, 0.5) is 5.69 Å². The Morgan fingerprint density at radius 1 is 0.867 bits per heavy atom. The Kier molecular flexibility index (Phi) is 12.2. The van der Waals surface area contributed by atoms with E-state index >= 15 is 0 Å². The number of halogens is 2. The predicted molar refractivity (Wildman–Crippen MR) is 184 cm³/mol. The van der Waals surface area contributed by atoms with Gasteiger partial charge >= 0.3 is 0 Å². The Bertz CT molecular complexity index is 1670. The van der Waals surface area contributed by atoms with E-state index in [0.29, 0.717) is 17.3 Å². The van der Waals surface area contributed by atoms with E-state index in [1.54, 1.807) is 60.7 Å². The summed E-state index contributed by atoms with van der Waals surface area (Å²) in [4.78, 5) is 29.8. The van der Waals surface area contributed by atoms with Crippen LogP contribution in [-0.4, -0.2) is 44.3 Å². The molecule has 45 heavy (non-hydrogen) atoms. The number of nitrogens with zero attached hydrogens (tertiary/aromatic N) is 2. The molecule has 0 aromatic heterocycles. The first kappa shape index (κ1) is 34.2. The Morgan fingerprint density at radius 2 is 1.51 bits per heavy atom. The fourth-order valence-corrected chi connectivity index (χ4v) is 6.62. The van der Waals surface area contributed by atoms with Crippen molar-refractivity contribution in [2.75, 3.05) is 17.4 Å². The van der Waals surface area contributed by atoms with Crippen molar-refractivity contribution in [3.8, 4) is 0 Å². The first-order chi connectivity index (χ1) is 21.6. The van der Waals surface area contributed by atoms with E-state index in [-0.39, 0.29) is 23.8 Å². The zero-order chi connectivity index (χ0) is 32.4. The first-order valence-electron chi connectivity index (χ1n) is 14.8. The molecule has 0 unspecified atom stereocenters. The largest absolute Gasteiger partial charge is 0.354 e. The van der Waals surface area contributed by atoms with E-state index < -0.39 is 28.5 Å². The summed E-state index contributed by atoms with van der Waals surface area (Å²) in [6.07, 6.45) is 1.94. The molecule has 0 aliphatic rings. The number of sulfonamides is 1. The summed E-state index contributed by atoms with van der Waals surface area (Å²) in [6.45, 7) is 3.94. The Hall–Kier alpha value is -3.66. The monoisotopic (exact) mass is 709 g/mol. The molecule has 0 saturated carbocycles. The lowest BCUT2D eigenvalue weighted by Crippen LogP contribution is -2.53. The molecule has 4 aromatic rings. The molecule has 7 nitrogen and oxygen atoms in total. The quantitative estimate of drug-likeness (QED) is 0.141. The third-order valence-corrected chi connectivity index (χ3v) is 9.94. The van der Waals surface area contributed by atoms with Crippen LogP contribution in [0.1, 0.15) is 36.5 Å². The number of aryl methyl sites for hydroxylation is 1. The molecule has 0 bridgehead atoms. The summed E-state index contributed by atoms with van der Waals surface area (Å²) < 4.78 is 30.1. The second kappa shape index (κ2) is 16.1. The van der Waals surface area contributed by atoms with E-state index in [1.165, 1.54) is 17.0 Å². The summed E-state index contributed by atoms with van der Waals surface area (Å²) in [6, 6.07) is 28.9. The number of amides is 2. The average molecular weight is 711 g/mol. The van der Waals surface area contributed by atoms with Crippen LogP contribution in [-0.2, 0) is 32.6 Å². The van der Waals surface area contributed by atoms with Gasteiger partial charge in [-0.15, -0.1) is 0 Å². The van der Waals surface area contributed by atoms with E-state index in [4.69, 9.17) is 11.6 Å². The highest BCUT2D eigenvalue weighted by molar-refractivity contribution is 9.10. The molecular formula is C35H37BrClN3O4S. The summed E-state index contributed by atoms with van der Waals surface area (Å²) in [5.74, 6) is -0.818. The molecule has 4 rings (SSSR count). The van der Waals surface area contributed by atoms with Gasteiger partial charge in [-0.25, -0.2) is 8.42 Å². The average Bonchev–Trinajstić information content (AvgIpc) is 3.03. The number of benzene rings is 4. The molecule has 0 heterocycles. The third-order valence-electron chi connectivity index (χ3n) is 7.37. The van der Waals surface area contributed by atoms with Gasteiger partial charge in [0.25, 0.3) is 10.0 Å². The van der Waals surface area contributed by atoms with Crippen LogP contribution in [0.3, 0.4) is 0 Å². The molecule has 236 valence electrons. The number of rotatable bonds is 14. The van der Waals surface area contributed by atoms with Crippen molar-refractivity contribution in [3.05, 3.63) is 129 Å². The van der Waals surface area contributed by atoms with Crippen molar-refractivity contribution < 1.29 is 18.0 Å². The zero-order valence-corrected chi connectivity index (χ0v) is 28.5. The summed E-state index contributed by atoms with van der Waals surface area (Å²) in [5.41, 5.74) is 2.86. The maximum absolute atomic E-state index is 14.5. The molecule has 1 atom stereocenters. The minimum Gasteiger partial charge on any atom is -0.354 e. The Balaban J connectivity index is 1.78. The first-order valence-corrected chi connectivity index (χ1v) is 17.4. The third kappa shape index (κ3) is 9.42. The smallest absolute Gasteiger partial charge is 0.264 e. The van der Waals surface area contributed by atoms with Gasteiger partial charge in [-0.2, -0.15) is 0 Å². The second-order valence-corrected chi connectivity index (χ2v) is 14.0. The van der Waals surface area contributed by atoms with Gasteiger partial charge in [-0.1, -0.05) is 101 Å². The molecule has 1 N–H and O–H groups in total. The number of carbonyl (C=O) groups excluding carboxylic acids is 2. The van der Waals surface area contributed by atoms with Gasteiger partial charge in [-0.3, -0.25) is 13.9 Å². The fraction of sp³-hybridized carbons (Fsp3) is 0.257. The maximum Gasteiger partial charge on any atom is 0.264 e. The molecule has 0 aliphatic heterocycles. The number of anilines is 1. The van der Waals surface area contributed by atoms with Crippen LogP contribution in [0.25, 0.3) is 0 Å². The normalized spacial score (nSPS) is 11.9. The van der Waals surface area contributed by atoms with E-state index in [1.807, 2.05) is 44.2 Å². The number of hydrogen-bond acceptors (Lipinski definition) is 4. The van der Waals surface area contributed by atoms with Gasteiger partial charge in [0.05, 0.1) is 10.6 Å². The summed E-state index contributed by atoms with van der Waals surface area (Å²) in [5, 5.41) is 3.54. The molecular weight excluding hydrogens is 674 g/mol. The van der Waals surface area contributed by atoms with Crippen molar-refractivity contribution in [3.63, 3.8) is 0 Å². The Morgan fingerprint density at radius 3 is 2.13 bits per heavy atom. The number of unbranched alkanes of at least 4 members (excludes halogenated alkanes) is 1. The van der Waals surface area contributed by atoms with Crippen LogP contribution in [0.2, 0.25) is 5.02 Å². The number of nitrogens with one attached hydrogen (secondary N) is 1. The minimum atomic E-state index is -4.16. The highest BCUT2D eigenvalue weighted by Gasteiger charge is 2.34. The van der Waals surface area contributed by atoms with E-state index in [9.17, 15) is 18.0 Å². The Labute approximate surface area is 279 Å². The lowest BCUT2D eigenvalue weighted by Gasteiger charge is -2.34. The molecule has 10 heteroatoms. The van der Waals surface area contributed by atoms with Gasteiger partial charge in [0.1, 0.15) is 12.6 Å². The van der Waals surface area contributed by atoms with Crippen molar-refractivity contribution in [2.45, 2.75) is 50.6 Å². The van der Waals surface area contributed by atoms with Gasteiger partial charge in [0, 0.05) is 29.0 Å². The van der Waals surface area contributed by atoms with Crippen molar-refractivity contribution >= 4 is 55.1 Å². The molecule has 0 radical (unpaired) electrons. The van der Waals surface area contributed by atoms with Gasteiger partial charge in [-0.05, 0) is 73.0 Å². The van der Waals surface area contributed by atoms with Crippen LogP contribution in [0, 0.1) is 6.92 Å². The van der Waals surface area contributed by atoms with Crippen molar-refractivity contribution in [1.29, 1.82) is 0 Å². The summed E-state index contributed by atoms with van der Waals surface area (Å²) in [7, 11) is -4.16. The molecule has 4 aromatic carbocycles. The SMILES string of the molecule is CCCCNC(=O)[C@@H](Cc1ccccc1)N(Cc1ccc(Cl)cc1)C(=O)CN(c1ccc(Br)cc1)S(=O)(=O)c1ccc(C)cc1. The number of hydrogen-bond donors (Lipinski definition) is 1. The topological polar surface area (TPSA) is 86.8 Å². The van der Waals surface area contributed by atoms with Crippen LogP contribution < -0.4 is 9.62 Å². The lowest BCUT2D eigenvalue weighted by molar-refractivity contribution is -0.140. The van der Waals surface area contributed by atoms with Crippen molar-refractivity contribution in [1.82, 2.24) is 10.2 Å². The van der Waals surface area contributed by atoms with Crippen LogP contribution in [0.15, 0.2) is 112 Å². The maximum atomic E-state index is 14.5. The van der Waals surface area contributed by atoms with Crippen LogP contribution >= 0.6 is 27.5 Å². The van der Waals surface area contributed by atoms with Gasteiger partial charge in [0.15, 0.2) is 0 Å². The zero-order valence-electron chi connectivity index (χ0n) is 25.3. The predicted octanol–water partition coefficient (Wildman–Crippen LogP) is 7.16. The molecule has 0 saturated heterocycles. The minimum absolute atomic E-state index is 0.0613. The molecule has 0 spiro atoms. The molecule has 0 aliphatic carbocycles. The molecule has 0 fully saturated rings. The second-order valence-electron chi connectivity index (χ2n) is 10.8. The standard InChI is InChI=1S/C35H37BrClN3O4S/c1-3-4-22-38-35(42)33(23-27-8-6-5-7-9-27)39(24-28-12-16-30(37)17-13-28)34(41)25-40(31-18-14-29(36)15-19-31)45(43,44)32-20-10-26(2)11-21-32/h5-21,33H,3-4,22-25H2,1-2H3,(H,38,42)/t33-/m1/s1. The van der Waals surface area contributed by atoms with Gasteiger partial charge in [0.2, 0.25) is 11.8 Å². The van der Waals surface area contributed by atoms with Crippen LogP contribution in [0.5, 0.6) is 0 Å². The summed E-state index contributed by atoms with van der Waals surface area (Å²) >= 11 is 9.56.